The molecule has 6 nitrogen and oxygen atoms in total. The van der Waals surface area contributed by atoms with E-state index in [1.165, 1.54) is 12.1 Å². The fourth-order valence-electron chi connectivity index (χ4n) is 3.05. The molecular weight excluding hydrogens is 374 g/mol. The first-order valence-electron chi connectivity index (χ1n) is 8.68. The molecule has 26 heavy (non-hydrogen) atoms. The Hall–Kier alpha value is -1.15. The van der Waals surface area contributed by atoms with E-state index in [0.29, 0.717) is 24.6 Å². The second-order valence-electron chi connectivity index (χ2n) is 7.87. The summed E-state index contributed by atoms with van der Waals surface area (Å²) in [5.41, 5.74) is 5.89. The lowest BCUT2D eigenvalue weighted by Crippen LogP contribution is -2.42. The molecule has 1 aliphatic heterocycles. The van der Waals surface area contributed by atoms with Crippen molar-refractivity contribution >= 4 is 28.3 Å². The van der Waals surface area contributed by atoms with Crippen molar-refractivity contribution in [2.75, 3.05) is 13.1 Å². The minimum absolute atomic E-state index is 0. The Labute approximate surface area is 163 Å². The van der Waals surface area contributed by atoms with Gasteiger partial charge in [0.2, 0.25) is 10.0 Å². The number of piperidine rings is 1. The van der Waals surface area contributed by atoms with Gasteiger partial charge in [0.1, 0.15) is 0 Å². The summed E-state index contributed by atoms with van der Waals surface area (Å²) in [6, 6.07) is 6.28. The zero-order valence-corrected chi connectivity index (χ0v) is 17.5. The van der Waals surface area contributed by atoms with Crippen LogP contribution >= 0.6 is 12.4 Å². The predicted molar refractivity (Wildman–Crippen MR) is 106 cm³/mol. The first-order valence-corrected chi connectivity index (χ1v) is 10.2. The third-order valence-electron chi connectivity index (χ3n) is 4.42. The fraction of sp³-hybridized carbons (Fsp3) is 0.611. The topological polar surface area (TPSA) is 92.5 Å². The van der Waals surface area contributed by atoms with E-state index in [1.807, 2.05) is 11.8 Å². The molecule has 0 radical (unpaired) electrons. The summed E-state index contributed by atoms with van der Waals surface area (Å²) in [5, 5.41) is 0. The molecule has 0 spiro atoms. The summed E-state index contributed by atoms with van der Waals surface area (Å²) in [6.45, 7) is 8.75. The third kappa shape index (κ3) is 5.94. The molecule has 3 N–H and O–H groups in total. The SMILES string of the molecule is CC(N)C1CCN(C(=O)c2ccc(S(=O)(=O)NC(C)(C)C)cc2)CC1.Cl. The van der Waals surface area contributed by atoms with E-state index in [0.717, 1.165) is 12.8 Å². The van der Waals surface area contributed by atoms with Crippen molar-refractivity contribution in [2.24, 2.45) is 11.7 Å². The maximum Gasteiger partial charge on any atom is 0.253 e. The zero-order valence-electron chi connectivity index (χ0n) is 15.9. The molecule has 1 aliphatic rings. The fourth-order valence-corrected chi connectivity index (χ4v) is 4.47. The molecule has 148 valence electrons. The van der Waals surface area contributed by atoms with Crippen molar-refractivity contribution in [1.82, 2.24) is 9.62 Å². The Kier molecular flexibility index (Phi) is 7.65. The van der Waals surface area contributed by atoms with Crippen LogP contribution in [0.4, 0.5) is 0 Å². The van der Waals surface area contributed by atoms with Crippen LogP contribution in [-0.4, -0.2) is 43.9 Å². The summed E-state index contributed by atoms with van der Waals surface area (Å²) >= 11 is 0. The minimum Gasteiger partial charge on any atom is -0.339 e. The Bertz CT molecular complexity index is 704. The van der Waals surface area contributed by atoms with Gasteiger partial charge < -0.3 is 10.6 Å². The van der Waals surface area contributed by atoms with Crippen LogP contribution in [0.15, 0.2) is 29.2 Å². The summed E-state index contributed by atoms with van der Waals surface area (Å²) in [5.74, 6) is 0.399. The van der Waals surface area contributed by atoms with Crippen molar-refractivity contribution in [2.45, 2.75) is 57.0 Å². The number of halogens is 1. The lowest BCUT2D eigenvalue weighted by molar-refractivity contribution is 0.0681. The van der Waals surface area contributed by atoms with Crippen LogP contribution in [0, 0.1) is 5.92 Å². The maximum atomic E-state index is 12.6. The van der Waals surface area contributed by atoms with Crippen LogP contribution in [0.2, 0.25) is 0 Å². The Morgan fingerprint density at radius 2 is 1.69 bits per heavy atom. The monoisotopic (exact) mass is 403 g/mol. The van der Waals surface area contributed by atoms with Gasteiger partial charge in [0.05, 0.1) is 4.90 Å². The summed E-state index contributed by atoms with van der Waals surface area (Å²) < 4.78 is 27.2. The van der Waals surface area contributed by atoms with Crippen LogP contribution in [0.3, 0.4) is 0 Å². The van der Waals surface area contributed by atoms with Gasteiger partial charge in [0, 0.05) is 30.2 Å². The van der Waals surface area contributed by atoms with Gasteiger partial charge in [-0.25, -0.2) is 13.1 Å². The number of amides is 1. The van der Waals surface area contributed by atoms with Gasteiger partial charge in [-0.3, -0.25) is 4.79 Å². The first kappa shape index (κ1) is 22.9. The number of benzene rings is 1. The number of nitrogens with two attached hydrogens (primary N) is 1. The number of nitrogens with zero attached hydrogens (tertiary/aromatic N) is 1. The van der Waals surface area contributed by atoms with Gasteiger partial charge in [0.25, 0.3) is 5.91 Å². The van der Waals surface area contributed by atoms with Crippen LogP contribution < -0.4 is 10.5 Å². The molecule has 1 saturated heterocycles. The zero-order chi connectivity index (χ0) is 18.8. The molecule has 1 amide bonds. The molecular formula is C18H30ClN3O3S. The van der Waals surface area contributed by atoms with Crippen molar-refractivity contribution < 1.29 is 13.2 Å². The van der Waals surface area contributed by atoms with Crippen molar-refractivity contribution in [3.05, 3.63) is 29.8 Å². The highest BCUT2D eigenvalue weighted by Gasteiger charge is 2.26. The number of nitrogens with one attached hydrogen (secondary N) is 1. The molecule has 8 heteroatoms. The summed E-state index contributed by atoms with van der Waals surface area (Å²) in [6.07, 6.45) is 1.82. The number of likely N-dealkylation sites (tertiary alicyclic amines) is 1. The quantitative estimate of drug-likeness (QED) is 0.807. The van der Waals surface area contributed by atoms with Gasteiger partial charge in [-0.2, -0.15) is 0 Å². The number of sulfonamides is 1. The highest BCUT2D eigenvalue weighted by atomic mass is 35.5. The van der Waals surface area contributed by atoms with Crippen LogP contribution in [0.1, 0.15) is 50.9 Å². The second-order valence-corrected chi connectivity index (χ2v) is 9.55. The van der Waals surface area contributed by atoms with Crippen molar-refractivity contribution in [1.29, 1.82) is 0 Å². The standard InChI is InChI=1S/C18H29N3O3S.ClH/c1-13(19)14-9-11-21(12-10-14)17(22)15-5-7-16(8-6-15)25(23,24)20-18(2,3)4;/h5-8,13-14,20H,9-12,19H2,1-4H3;1H. The molecule has 1 aromatic rings. The molecule has 1 heterocycles. The lowest BCUT2D eigenvalue weighted by atomic mass is 9.90. The van der Waals surface area contributed by atoms with Crippen LogP contribution in [0.5, 0.6) is 0 Å². The lowest BCUT2D eigenvalue weighted by Gasteiger charge is -2.33. The van der Waals surface area contributed by atoms with Crippen LogP contribution in [-0.2, 0) is 10.0 Å². The highest BCUT2D eigenvalue weighted by molar-refractivity contribution is 7.89. The van der Waals surface area contributed by atoms with Crippen LogP contribution in [0.25, 0.3) is 0 Å². The van der Waals surface area contributed by atoms with E-state index in [4.69, 9.17) is 5.73 Å². The molecule has 1 unspecified atom stereocenters. The molecule has 0 aliphatic carbocycles. The molecule has 0 aromatic heterocycles. The molecule has 0 saturated carbocycles. The minimum atomic E-state index is -3.59. The van der Waals surface area contributed by atoms with E-state index < -0.39 is 15.6 Å². The van der Waals surface area contributed by atoms with Crippen molar-refractivity contribution in [3.63, 3.8) is 0 Å². The van der Waals surface area contributed by atoms with Gasteiger partial charge >= 0.3 is 0 Å². The molecule has 1 aromatic carbocycles. The number of rotatable bonds is 4. The Balaban J connectivity index is 0.00000338. The smallest absolute Gasteiger partial charge is 0.253 e. The Morgan fingerprint density at radius 3 is 2.12 bits per heavy atom. The molecule has 1 atom stereocenters. The summed E-state index contributed by atoms with van der Waals surface area (Å²) in [7, 11) is -3.59. The largest absolute Gasteiger partial charge is 0.339 e. The molecule has 2 rings (SSSR count). The average Bonchev–Trinajstić information content (AvgIpc) is 2.52. The summed E-state index contributed by atoms with van der Waals surface area (Å²) in [4.78, 5) is 14.6. The van der Waals surface area contributed by atoms with Gasteiger partial charge in [0.15, 0.2) is 0 Å². The molecule has 1 fully saturated rings. The third-order valence-corrected chi connectivity index (χ3v) is 6.20. The molecule has 0 bridgehead atoms. The van der Waals surface area contributed by atoms with Gasteiger partial charge in [-0.15, -0.1) is 12.4 Å². The maximum absolute atomic E-state index is 12.6. The second kappa shape index (κ2) is 8.69. The van der Waals surface area contributed by atoms with E-state index in [1.54, 1.807) is 32.9 Å². The number of hydrogen-bond donors (Lipinski definition) is 2. The first-order chi connectivity index (χ1) is 11.5. The number of carbonyl (C=O) groups excluding carboxylic acids is 1. The average molecular weight is 404 g/mol. The van der Waals surface area contributed by atoms with Gasteiger partial charge in [-0.05, 0) is 70.7 Å². The van der Waals surface area contributed by atoms with Crippen molar-refractivity contribution in [3.8, 4) is 0 Å². The normalized spacial score (nSPS) is 17.5. The number of carbonyl (C=O) groups is 1. The highest BCUT2D eigenvalue weighted by Crippen LogP contribution is 2.22. The van der Waals surface area contributed by atoms with E-state index in [9.17, 15) is 13.2 Å². The van der Waals surface area contributed by atoms with E-state index >= 15 is 0 Å². The Morgan fingerprint density at radius 1 is 1.19 bits per heavy atom. The predicted octanol–water partition coefficient (Wildman–Crippen LogP) is 2.38. The van der Waals surface area contributed by atoms with E-state index in [-0.39, 0.29) is 29.3 Å². The number of hydrogen-bond acceptors (Lipinski definition) is 4. The van der Waals surface area contributed by atoms with Gasteiger partial charge in [-0.1, -0.05) is 0 Å². The van der Waals surface area contributed by atoms with E-state index in [2.05, 4.69) is 4.72 Å².